The van der Waals surface area contributed by atoms with Crippen LogP contribution >= 0.6 is 0 Å². The van der Waals surface area contributed by atoms with E-state index in [0.717, 1.165) is 77.0 Å². The summed E-state index contributed by atoms with van der Waals surface area (Å²) < 4.78 is 16.7. The fourth-order valence-corrected chi connectivity index (χ4v) is 9.94. The van der Waals surface area contributed by atoms with Gasteiger partial charge >= 0.3 is 5.97 Å². The number of esters is 1. The van der Waals surface area contributed by atoms with E-state index in [4.69, 9.17) is 14.2 Å². The molecule has 0 saturated carbocycles. The monoisotopic (exact) mass is 1060 g/mol. The molecule has 1 heterocycles. The number of hydrogen-bond acceptors (Lipinski definition) is 10. The number of hydrogen-bond donors (Lipinski definition) is 6. The second kappa shape index (κ2) is 53.9. The average Bonchev–Trinajstić information content (AvgIpc) is 3.41. The molecule has 7 unspecified atom stereocenters. The smallest absolute Gasteiger partial charge is 0.305 e. The zero-order chi connectivity index (χ0) is 54.5. The van der Waals surface area contributed by atoms with Crippen LogP contribution in [0.2, 0.25) is 0 Å². The number of unbranched alkanes of at least 4 members (excludes halogenated alkanes) is 37. The molecule has 7 atom stereocenters. The first-order valence-electron chi connectivity index (χ1n) is 31.8. The van der Waals surface area contributed by atoms with Crippen molar-refractivity contribution in [2.45, 2.75) is 339 Å². The molecule has 1 aliphatic rings. The van der Waals surface area contributed by atoms with Gasteiger partial charge in [0.15, 0.2) is 6.29 Å². The van der Waals surface area contributed by atoms with Gasteiger partial charge in [0.25, 0.3) is 0 Å². The van der Waals surface area contributed by atoms with Crippen molar-refractivity contribution in [3.63, 3.8) is 0 Å². The van der Waals surface area contributed by atoms with E-state index in [9.17, 15) is 35.1 Å². The summed E-state index contributed by atoms with van der Waals surface area (Å²) in [5.74, 6) is -0.190. The molecule has 1 fully saturated rings. The molecule has 0 aliphatic carbocycles. The molecule has 0 aromatic heterocycles. The largest absolute Gasteiger partial charge is 0.466 e. The van der Waals surface area contributed by atoms with Gasteiger partial charge in [-0.2, -0.15) is 0 Å². The van der Waals surface area contributed by atoms with Gasteiger partial charge in [-0.1, -0.05) is 256 Å². The number of carbonyl (C=O) groups excluding carboxylic acids is 2. The molecule has 1 saturated heterocycles. The van der Waals surface area contributed by atoms with Crippen molar-refractivity contribution < 1.29 is 49.3 Å². The van der Waals surface area contributed by atoms with Crippen LogP contribution in [0.25, 0.3) is 0 Å². The Morgan fingerprint density at radius 1 is 0.493 bits per heavy atom. The summed E-state index contributed by atoms with van der Waals surface area (Å²) in [5, 5.41) is 54.3. The summed E-state index contributed by atoms with van der Waals surface area (Å²) >= 11 is 0. The molecule has 0 aromatic carbocycles. The normalized spacial score (nSPS) is 18.9. The zero-order valence-corrected chi connectivity index (χ0v) is 48.5. The molecule has 0 spiro atoms. The highest BCUT2D eigenvalue weighted by Gasteiger charge is 2.44. The highest BCUT2D eigenvalue weighted by molar-refractivity contribution is 5.76. The summed E-state index contributed by atoms with van der Waals surface area (Å²) in [5.41, 5.74) is 0. The van der Waals surface area contributed by atoms with Crippen LogP contribution in [-0.4, -0.2) is 100 Å². The summed E-state index contributed by atoms with van der Waals surface area (Å²) in [7, 11) is 0. The maximum atomic E-state index is 13.0. The Hall–Kier alpha value is -2.12. The number of rotatable bonds is 55. The fourth-order valence-electron chi connectivity index (χ4n) is 9.94. The molecule has 6 N–H and O–H groups in total. The van der Waals surface area contributed by atoms with Gasteiger partial charge in [-0.05, 0) is 64.2 Å². The maximum absolute atomic E-state index is 13.0. The molecular formula is C64H119NO10. The van der Waals surface area contributed by atoms with Gasteiger partial charge in [-0.25, -0.2) is 0 Å². The van der Waals surface area contributed by atoms with Gasteiger partial charge < -0.3 is 45.1 Å². The second-order valence-electron chi connectivity index (χ2n) is 22.1. The van der Waals surface area contributed by atoms with Crippen molar-refractivity contribution >= 4 is 11.9 Å². The Morgan fingerprint density at radius 2 is 0.893 bits per heavy atom. The first-order valence-corrected chi connectivity index (χ1v) is 31.8. The molecule has 0 radical (unpaired) electrons. The lowest BCUT2D eigenvalue weighted by Gasteiger charge is -2.40. The lowest BCUT2D eigenvalue weighted by atomic mass is 9.99. The van der Waals surface area contributed by atoms with Crippen LogP contribution < -0.4 is 5.32 Å². The topological polar surface area (TPSA) is 175 Å². The minimum atomic E-state index is -1.57. The Labute approximate surface area is 460 Å². The van der Waals surface area contributed by atoms with Gasteiger partial charge in [0.2, 0.25) is 5.91 Å². The standard InChI is InChI=1S/C64H119NO10/c1-3-5-7-9-11-13-30-34-38-42-46-50-57(67)56(55-74-64-63(72)62(71)61(70)58(54-66)75-64)65-59(68)51-47-43-39-35-32-28-26-24-22-20-18-16-15-17-19-21-23-25-27-29-33-37-41-45-49-53-73-60(69)52-48-44-40-36-31-14-12-10-8-6-4-2/h16-19,46,50,56-58,61-64,66-67,70-72H,3-15,20-45,47-49,51-55H2,1-2H3,(H,65,68)/b18-16-,19-17-,50-46+. The summed E-state index contributed by atoms with van der Waals surface area (Å²) in [6.45, 7) is 4.33. The van der Waals surface area contributed by atoms with Gasteiger partial charge in [-0.15, -0.1) is 0 Å². The Morgan fingerprint density at radius 3 is 1.35 bits per heavy atom. The van der Waals surface area contributed by atoms with Crippen LogP contribution in [0.1, 0.15) is 296 Å². The lowest BCUT2D eigenvalue weighted by molar-refractivity contribution is -0.302. The van der Waals surface area contributed by atoms with E-state index in [1.54, 1.807) is 6.08 Å². The third-order valence-electron chi connectivity index (χ3n) is 15.0. The van der Waals surface area contributed by atoms with Crippen molar-refractivity contribution in [3.8, 4) is 0 Å². The van der Waals surface area contributed by atoms with Gasteiger partial charge in [0.1, 0.15) is 24.4 Å². The van der Waals surface area contributed by atoms with E-state index in [1.807, 2.05) is 6.08 Å². The third-order valence-corrected chi connectivity index (χ3v) is 15.0. The van der Waals surface area contributed by atoms with Crippen LogP contribution in [0.5, 0.6) is 0 Å². The van der Waals surface area contributed by atoms with Crippen molar-refractivity contribution in [2.75, 3.05) is 19.8 Å². The highest BCUT2D eigenvalue weighted by Crippen LogP contribution is 2.23. The van der Waals surface area contributed by atoms with E-state index in [-0.39, 0.29) is 18.5 Å². The van der Waals surface area contributed by atoms with Crippen LogP contribution in [-0.2, 0) is 23.8 Å². The Bertz CT molecular complexity index is 1340. The number of ether oxygens (including phenoxy) is 3. The maximum Gasteiger partial charge on any atom is 0.305 e. The third kappa shape index (κ3) is 43.4. The molecule has 0 bridgehead atoms. The molecule has 1 aliphatic heterocycles. The zero-order valence-electron chi connectivity index (χ0n) is 48.5. The van der Waals surface area contributed by atoms with E-state index in [2.05, 4.69) is 43.5 Å². The molecule has 440 valence electrons. The molecule has 11 heteroatoms. The SMILES string of the molecule is CCCCCCCCCCC/C=C/C(O)C(COC1OC(CO)C(O)C(O)C1O)NC(=O)CCCCCCCCCCC/C=C\C/C=C\CCCCCCCCCCCOC(=O)CCCCCCCCCCCCC. The molecule has 11 nitrogen and oxygen atoms in total. The van der Waals surface area contributed by atoms with Gasteiger partial charge in [0, 0.05) is 12.8 Å². The predicted molar refractivity (Wildman–Crippen MR) is 311 cm³/mol. The highest BCUT2D eigenvalue weighted by atomic mass is 16.7. The predicted octanol–water partition coefficient (Wildman–Crippen LogP) is 15.1. The molecule has 1 rings (SSSR count). The lowest BCUT2D eigenvalue weighted by Crippen LogP contribution is -2.60. The minimum absolute atomic E-state index is 0.00199. The van der Waals surface area contributed by atoms with Crippen molar-refractivity contribution in [2.24, 2.45) is 0 Å². The van der Waals surface area contributed by atoms with Crippen molar-refractivity contribution in [3.05, 3.63) is 36.5 Å². The number of allylic oxidation sites excluding steroid dienone is 5. The second-order valence-corrected chi connectivity index (χ2v) is 22.1. The number of amides is 1. The summed E-state index contributed by atoms with van der Waals surface area (Å²) in [6, 6.07) is -0.814. The first-order chi connectivity index (χ1) is 36.7. The molecule has 75 heavy (non-hydrogen) atoms. The van der Waals surface area contributed by atoms with Crippen molar-refractivity contribution in [1.29, 1.82) is 0 Å². The number of nitrogens with one attached hydrogen (secondary N) is 1. The average molecular weight is 1060 g/mol. The van der Waals surface area contributed by atoms with Crippen LogP contribution in [0.4, 0.5) is 0 Å². The van der Waals surface area contributed by atoms with Crippen molar-refractivity contribution in [1.82, 2.24) is 5.32 Å². The van der Waals surface area contributed by atoms with Crippen LogP contribution in [0.15, 0.2) is 36.5 Å². The molecule has 0 aromatic rings. The number of aliphatic hydroxyl groups is 5. The summed E-state index contributed by atoms with van der Waals surface area (Å²) in [6.07, 6.45) is 56.8. The minimum Gasteiger partial charge on any atom is -0.466 e. The van der Waals surface area contributed by atoms with E-state index in [1.165, 1.54) is 193 Å². The molecule has 1 amide bonds. The van der Waals surface area contributed by atoms with Gasteiger partial charge in [-0.3, -0.25) is 9.59 Å². The Balaban J connectivity index is 2.04. The summed E-state index contributed by atoms with van der Waals surface area (Å²) in [4.78, 5) is 25.0. The van der Waals surface area contributed by atoms with E-state index >= 15 is 0 Å². The van der Waals surface area contributed by atoms with Crippen LogP contribution in [0.3, 0.4) is 0 Å². The first kappa shape index (κ1) is 70.9. The van der Waals surface area contributed by atoms with Crippen LogP contribution in [0, 0.1) is 0 Å². The van der Waals surface area contributed by atoms with E-state index in [0.29, 0.717) is 19.4 Å². The number of aliphatic hydroxyl groups excluding tert-OH is 5. The molecular weight excluding hydrogens is 943 g/mol. The van der Waals surface area contributed by atoms with E-state index < -0.39 is 49.5 Å². The van der Waals surface area contributed by atoms with Gasteiger partial charge in [0.05, 0.1) is 32.0 Å². The quantitative estimate of drug-likeness (QED) is 0.0195. The number of carbonyl (C=O) groups is 2. The fraction of sp³-hybridized carbons (Fsp3) is 0.875. The Kier molecular flexibility index (Phi) is 50.9.